The van der Waals surface area contributed by atoms with Crippen LogP contribution < -0.4 is 4.90 Å². The van der Waals surface area contributed by atoms with Crippen LogP contribution in [0.15, 0.2) is 24.5 Å². The fourth-order valence-corrected chi connectivity index (χ4v) is 2.53. The largest absolute Gasteiger partial charge is 0.369 e. The average Bonchev–Trinajstić information content (AvgIpc) is 3.02. The summed E-state index contributed by atoms with van der Waals surface area (Å²) in [6.07, 6.45) is 5.74. The van der Waals surface area contributed by atoms with Gasteiger partial charge in [0.15, 0.2) is 0 Å². The fourth-order valence-electron chi connectivity index (χ4n) is 2.53. The molecule has 18 heavy (non-hydrogen) atoms. The average molecular weight is 245 g/mol. The van der Waals surface area contributed by atoms with E-state index in [9.17, 15) is 4.39 Å². The number of H-pyrrole nitrogens is 1. The maximum absolute atomic E-state index is 14.2. The summed E-state index contributed by atoms with van der Waals surface area (Å²) in [5.74, 6) is 0.563. The van der Waals surface area contributed by atoms with Gasteiger partial charge in [0, 0.05) is 31.0 Å². The Balaban J connectivity index is 2.02. The summed E-state index contributed by atoms with van der Waals surface area (Å²) in [5, 5.41) is 0. The summed E-state index contributed by atoms with van der Waals surface area (Å²) in [6.45, 7) is 3.91. The van der Waals surface area contributed by atoms with E-state index in [0.29, 0.717) is 0 Å². The second kappa shape index (κ2) is 4.44. The molecule has 1 aliphatic rings. The van der Waals surface area contributed by atoms with E-state index in [0.717, 1.165) is 48.6 Å². The van der Waals surface area contributed by atoms with E-state index in [4.69, 9.17) is 0 Å². The topological polar surface area (TPSA) is 31.9 Å². The lowest BCUT2D eigenvalue weighted by atomic mass is 10.1. The van der Waals surface area contributed by atoms with Gasteiger partial charge in [-0.2, -0.15) is 0 Å². The zero-order chi connectivity index (χ0) is 12.5. The van der Waals surface area contributed by atoms with Crippen LogP contribution in [0.2, 0.25) is 0 Å². The van der Waals surface area contributed by atoms with Gasteiger partial charge in [0.1, 0.15) is 11.6 Å². The van der Waals surface area contributed by atoms with E-state index < -0.39 is 0 Å². The third kappa shape index (κ3) is 1.88. The lowest BCUT2D eigenvalue weighted by Crippen LogP contribution is -2.19. The first-order valence-corrected chi connectivity index (χ1v) is 6.30. The van der Waals surface area contributed by atoms with Crippen LogP contribution in [0, 0.1) is 12.7 Å². The number of hydrogen-bond donors (Lipinski definition) is 1. The van der Waals surface area contributed by atoms with Crippen molar-refractivity contribution in [2.75, 3.05) is 18.0 Å². The van der Waals surface area contributed by atoms with Crippen molar-refractivity contribution in [1.29, 1.82) is 0 Å². The number of aromatic amines is 1. The normalized spacial score (nSPS) is 15.3. The maximum atomic E-state index is 14.2. The Morgan fingerprint density at radius 3 is 2.72 bits per heavy atom. The summed E-state index contributed by atoms with van der Waals surface area (Å²) in [7, 11) is 0. The molecule has 1 fully saturated rings. The molecular formula is C14H16FN3. The standard InChI is InChI=1S/C14H16FN3/c1-10-8-13(18-6-2-3-7-18)12(15)9-11(10)14-16-4-5-17-14/h4-5,8-9H,2-3,6-7H2,1H3,(H,16,17). The predicted octanol–water partition coefficient (Wildman–Crippen LogP) is 3.12. The molecule has 94 valence electrons. The number of nitrogens with one attached hydrogen (secondary N) is 1. The number of aromatic nitrogens is 2. The highest BCUT2D eigenvalue weighted by Gasteiger charge is 2.18. The van der Waals surface area contributed by atoms with Gasteiger partial charge in [0.25, 0.3) is 0 Å². The van der Waals surface area contributed by atoms with Crippen LogP contribution in [0.1, 0.15) is 18.4 Å². The zero-order valence-corrected chi connectivity index (χ0v) is 10.4. The van der Waals surface area contributed by atoms with Crippen LogP contribution in [-0.4, -0.2) is 23.1 Å². The fraction of sp³-hybridized carbons (Fsp3) is 0.357. The van der Waals surface area contributed by atoms with Gasteiger partial charge in [0.2, 0.25) is 0 Å². The summed E-state index contributed by atoms with van der Waals surface area (Å²) >= 11 is 0. The number of imidazole rings is 1. The van der Waals surface area contributed by atoms with Crippen molar-refractivity contribution in [3.05, 3.63) is 35.9 Å². The molecule has 1 aromatic heterocycles. The first kappa shape index (κ1) is 11.3. The van der Waals surface area contributed by atoms with Gasteiger partial charge in [-0.05, 0) is 37.5 Å². The molecule has 0 bridgehead atoms. The van der Waals surface area contributed by atoms with Gasteiger partial charge in [-0.3, -0.25) is 0 Å². The molecule has 3 nitrogen and oxygen atoms in total. The molecule has 1 N–H and O–H groups in total. The molecule has 0 radical (unpaired) electrons. The number of hydrogen-bond acceptors (Lipinski definition) is 2. The summed E-state index contributed by atoms with van der Waals surface area (Å²) in [5.41, 5.74) is 2.61. The van der Waals surface area contributed by atoms with E-state index in [1.165, 1.54) is 0 Å². The van der Waals surface area contributed by atoms with Crippen molar-refractivity contribution in [2.45, 2.75) is 19.8 Å². The highest BCUT2D eigenvalue weighted by molar-refractivity contribution is 5.66. The number of rotatable bonds is 2. The van der Waals surface area contributed by atoms with Crippen molar-refractivity contribution in [3.8, 4) is 11.4 Å². The van der Waals surface area contributed by atoms with E-state index in [1.807, 2.05) is 13.0 Å². The van der Waals surface area contributed by atoms with Crippen molar-refractivity contribution in [3.63, 3.8) is 0 Å². The van der Waals surface area contributed by atoms with Crippen molar-refractivity contribution < 1.29 is 4.39 Å². The van der Waals surface area contributed by atoms with Gasteiger partial charge in [-0.1, -0.05) is 0 Å². The van der Waals surface area contributed by atoms with Gasteiger partial charge in [-0.25, -0.2) is 9.37 Å². The lowest BCUT2D eigenvalue weighted by Gasteiger charge is -2.19. The van der Waals surface area contributed by atoms with Crippen molar-refractivity contribution in [1.82, 2.24) is 9.97 Å². The van der Waals surface area contributed by atoms with Crippen LogP contribution in [-0.2, 0) is 0 Å². The third-order valence-electron chi connectivity index (χ3n) is 3.49. The third-order valence-corrected chi connectivity index (χ3v) is 3.49. The molecule has 1 aromatic carbocycles. The number of aryl methyl sites for hydroxylation is 1. The minimum absolute atomic E-state index is 0.158. The van der Waals surface area contributed by atoms with Crippen LogP contribution >= 0.6 is 0 Å². The molecule has 0 amide bonds. The first-order valence-electron chi connectivity index (χ1n) is 6.30. The molecule has 0 aliphatic carbocycles. The van der Waals surface area contributed by atoms with Crippen LogP contribution in [0.4, 0.5) is 10.1 Å². The summed E-state index contributed by atoms with van der Waals surface area (Å²) in [6, 6.07) is 3.51. The van der Waals surface area contributed by atoms with Gasteiger partial charge in [-0.15, -0.1) is 0 Å². The van der Waals surface area contributed by atoms with Gasteiger partial charge < -0.3 is 9.88 Å². The smallest absolute Gasteiger partial charge is 0.147 e. The SMILES string of the molecule is Cc1cc(N2CCCC2)c(F)cc1-c1ncc[nH]1. The van der Waals surface area contributed by atoms with Crippen LogP contribution in [0.25, 0.3) is 11.4 Å². The predicted molar refractivity (Wildman–Crippen MR) is 70.2 cm³/mol. The molecule has 2 aromatic rings. The van der Waals surface area contributed by atoms with Gasteiger partial charge >= 0.3 is 0 Å². The zero-order valence-electron chi connectivity index (χ0n) is 10.4. The number of anilines is 1. The highest BCUT2D eigenvalue weighted by atomic mass is 19.1. The quantitative estimate of drug-likeness (QED) is 0.881. The summed E-state index contributed by atoms with van der Waals surface area (Å²) < 4.78 is 14.2. The minimum Gasteiger partial charge on any atom is -0.369 e. The van der Waals surface area contributed by atoms with Gasteiger partial charge in [0.05, 0.1) is 5.69 Å². The van der Waals surface area contributed by atoms with E-state index in [2.05, 4.69) is 14.9 Å². The molecule has 3 rings (SSSR count). The Hall–Kier alpha value is -1.84. The molecule has 2 heterocycles. The van der Waals surface area contributed by atoms with E-state index in [-0.39, 0.29) is 5.82 Å². The Labute approximate surface area is 106 Å². The number of benzene rings is 1. The second-order valence-electron chi connectivity index (χ2n) is 4.75. The van der Waals surface area contributed by atoms with E-state index >= 15 is 0 Å². The molecule has 0 saturated carbocycles. The molecular weight excluding hydrogens is 229 g/mol. The molecule has 0 unspecified atom stereocenters. The number of halogens is 1. The highest BCUT2D eigenvalue weighted by Crippen LogP contribution is 2.30. The van der Waals surface area contributed by atoms with E-state index in [1.54, 1.807) is 18.5 Å². The maximum Gasteiger partial charge on any atom is 0.147 e. The first-order chi connectivity index (χ1) is 8.75. The minimum atomic E-state index is -0.158. The van der Waals surface area contributed by atoms with Crippen molar-refractivity contribution in [2.24, 2.45) is 0 Å². The monoisotopic (exact) mass is 245 g/mol. The van der Waals surface area contributed by atoms with Crippen LogP contribution in [0.5, 0.6) is 0 Å². The Bertz CT molecular complexity index is 542. The molecule has 1 aliphatic heterocycles. The Kier molecular flexibility index (Phi) is 2.78. The molecule has 4 heteroatoms. The summed E-state index contributed by atoms with van der Waals surface area (Å²) in [4.78, 5) is 9.32. The lowest BCUT2D eigenvalue weighted by molar-refractivity contribution is 0.623. The van der Waals surface area contributed by atoms with Crippen LogP contribution in [0.3, 0.4) is 0 Å². The molecule has 1 saturated heterocycles. The molecule has 0 spiro atoms. The second-order valence-corrected chi connectivity index (χ2v) is 4.75. The Morgan fingerprint density at radius 2 is 2.06 bits per heavy atom. The van der Waals surface area contributed by atoms with Crippen molar-refractivity contribution >= 4 is 5.69 Å². The Morgan fingerprint density at radius 1 is 1.28 bits per heavy atom. The number of nitrogens with zero attached hydrogens (tertiary/aromatic N) is 2. The molecule has 0 atom stereocenters.